The second-order valence-corrected chi connectivity index (χ2v) is 4.72. The van der Waals surface area contributed by atoms with Gasteiger partial charge in [0.15, 0.2) is 0 Å². The number of hydrogen-bond acceptors (Lipinski definition) is 3. The van der Waals surface area contributed by atoms with Crippen LogP contribution in [-0.2, 0) is 0 Å². The smallest absolute Gasteiger partial charge is 0.256 e. The summed E-state index contributed by atoms with van der Waals surface area (Å²) in [5, 5.41) is 10.0. The van der Waals surface area contributed by atoms with Gasteiger partial charge in [0, 0.05) is 23.8 Å². The number of benzene rings is 1. The molecule has 2 rings (SSSR count). The van der Waals surface area contributed by atoms with Gasteiger partial charge in [0.2, 0.25) is 0 Å². The maximum Gasteiger partial charge on any atom is 0.256 e. The van der Waals surface area contributed by atoms with E-state index < -0.39 is 6.10 Å². The first-order valence-corrected chi connectivity index (χ1v) is 5.98. The van der Waals surface area contributed by atoms with Crippen LogP contribution in [0.4, 0.5) is 5.69 Å². The van der Waals surface area contributed by atoms with E-state index in [2.05, 4.69) is 0 Å². The Morgan fingerprint density at radius 1 is 1.53 bits per heavy atom. The van der Waals surface area contributed by atoms with Crippen molar-refractivity contribution in [2.45, 2.75) is 18.9 Å². The third-order valence-corrected chi connectivity index (χ3v) is 3.16. The molecule has 1 atom stereocenters. The highest BCUT2D eigenvalue weighted by Crippen LogP contribution is 2.21. The number of halogens is 1. The number of nitrogen functional groups attached to an aromatic ring is 1. The Hall–Kier alpha value is -1.26. The molecule has 1 aliphatic rings. The van der Waals surface area contributed by atoms with E-state index in [-0.39, 0.29) is 5.91 Å². The van der Waals surface area contributed by atoms with Gasteiger partial charge in [-0.3, -0.25) is 4.79 Å². The minimum Gasteiger partial charge on any atom is -0.398 e. The summed E-state index contributed by atoms with van der Waals surface area (Å²) in [6.07, 6.45) is 1.12. The SMILES string of the molecule is Nc1ccc(Cl)cc1C(=O)N1CCCC(O)C1. The van der Waals surface area contributed by atoms with Crippen molar-refractivity contribution in [2.75, 3.05) is 18.8 Å². The number of aliphatic hydroxyl groups is 1. The van der Waals surface area contributed by atoms with Crippen molar-refractivity contribution < 1.29 is 9.90 Å². The second kappa shape index (κ2) is 4.94. The van der Waals surface area contributed by atoms with Crippen LogP contribution >= 0.6 is 11.6 Å². The molecular formula is C12H15ClN2O2. The standard InChI is InChI=1S/C12H15ClN2O2/c13-8-3-4-11(14)10(6-8)12(17)15-5-1-2-9(16)7-15/h3-4,6,9,16H,1-2,5,7,14H2. The number of carbonyl (C=O) groups excluding carboxylic acids is 1. The lowest BCUT2D eigenvalue weighted by atomic mass is 10.1. The van der Waals surface area contributed by atoms with Gasteiger partial charge in [-0.1, -0.05) is 11.6 Å². The van der Waals surface area contributed by atoms with Gasteiger partial charge >= 0.3 is 0 Å². The van der Waals surface area contributed by atoms with E-state index in [4.69, 9.17) is 17.3 Å². The number of hydrogen-bond donors (Lipinski definition) is 2. The Bertz CT molecular complexity index is 437. The summed E-state index contributed by atoms with van der Waals surface area (Å²) in [7, 11) is 0. The zero-order valence-electron chi connectivity index (χ0n) is 9.40. The number of amides is 1. The third-order valence-electron chi connectivity index (χ3n) is 2.93. The first kappa shape index (κ1) is 12.2. The second-order valence-electron chi connectivity index (χ2n) is 4.28. The number of anilines is 1. The predicted molar refractivity (Wildman–Crippen MR) is 67.0 cm³/mol. The lowest BCUT2D eigenvalue weighted by molar-refractivity contribution is 0.0474. The molecule has 5 heteroatoms. The Labute approximate surface area is 105 Å². The van der Waals surface area contributed by atoms with E-state index in [1.807, 2.05) is 0 Å². The third kappa shape index (κ3) is 2.70. The summed E-state index contributed by atoms with van der Waals surface area (Å²) >= 11 is 5.85. The van der Waals surface area contributed by atoms with Crippen molar-refractivity contribution in [1.29, 1.82) is 0 Å². The van der Waals surface area contributed by atoms with E-state index in [0.717, 1.165) is 12.8 Å². The Morgan fingerprint density at radius 3 is 3.00 bits per heavy atom. The number of piperidine rings is 1. The van der Waals surface area contributed by atoms with Crippen molar-refractivity contribution >= 4 is 23.2 Å². The highest BCUT2D eigenvalue weighted by molar-refractivity contribution is 6.31. The Morgan fingerprint density at radius 2 is 2.29 bits per heavy atom. The monoisotopic (exact) mass is 254 g/mol. The Balaban J connectivity index is 2.21. The van der Waals surface area contributed by atoms with Crippen LogP contribution in [0.15, 0.2) is 18.2 Å². The zero-order chi connectivity index (χ0) is 12.4. The number of aliphatic hydroxyl groups excluding tert-OH is 1. The molecule has 17 heavy (non-hydrogen) atoms. The quantitative estimate of drug-likeness (QED) is 0.747. The molecule has 0 radical (unpaired) electrons. The molecule has 3 N–H and O–H groups in total. The summed E-state index contributed by atoms with van der Waals surface area (Å²) < 4.78 is 0. The molecule has 1 heterocycles. The molecule has 4 nitrogen and oxygen atoms in total. The topological polar surface area (TPSA) is 66.6 Å². The first-order chi connectivity index (χ1) is 8.08. The number of carbonyl (C=O) groups is 1. The van der Waals surface area contributed by atoms with Gasteiger partial charge in [0.1, 0.15) is 0 Å². The molecule has 1 aliphatic heterocycles. The van der Waals surface area contributed by atoms with E-state index in [1.54, 1.807) is 23.1 Å². The van der Waals surface area contributed by atoms with Gasteiger partial charge in [0.05, 0.1) is 11.7 Å². The largest absolute Gasteiger partial charge is 0.398 e. The van der Waals surface area contributed by atoms with Crippen LogP contribution in [0.25, 0.3) is 0 Å². The van der Waals surface area contributed by atoms with Gasteiger partial charge in [-0.25, -0.2) is 0 Å². The number of likely N-dealkylation sites (tertiary alicyclic amines) is 1. The van der Waals surface area contributed by atoms with Gasteiger partial charge in [-0.2, -0.15) is 0 Å². The molecule has 1 saturated heterocycles. The van der Waals surface area contributed by atoms with Crippen molar-refractivity contribution in [2.24, 2.45) is 0 Å². The lowest BCUT2D eigenvalue weighted by Crippen LogP contribution is -2.42. The molecule has 1 amide bonds. The number of nitrogens with two attached hydrogens (primary N) is 1. The van der Waals surface area contributed by atoms with E-state index in [0.29, 0.717) is 29.4 Å². The highest BCUT2D eigenvalue weighted by Gasteiger charge is 2.24. The molecule has 1 aromatic carbocycles. The molecule has 0 aromatic heterocycles. The van der Waals surface area contributed by atoms with Crippen molar-refractivity contribution in [3.8, 4) is 0 Å². The van der Waals surface area contributed by atoms with Crippen LogP contribution in [0.1, 0.15) is 23.2 Å². The van der Waals surface area contributed by atoms with Crippen molar-refractivity contribution in [1.82, 2.24) is 4.90 Å². The predicted octanol–water partition coefficient (Wildman–Crippen LogP) is 1.52. The average molecular weight is 255 g/mol. The molecule has 0 aliphatic carbocycles. The van der Waals surface area contributed by atoms with E-state index in [9.17, 15) is 9.90 Å². The average Bonchev–Trinajstić information content (AvgIpc) is 2.31. The van der Waals surface area contributed by atoms with Crippen molar-refractivity contribution in [3.05, 3.63) is 28.8 Å². The van der Waals surface area contributed by atoms with Crippen molar-refractivity contribution in [3.63, 3.8) is 0 Å². The molecule has 1 unspecified atom stereocenters. The minimum absolute atomic E-state index is 0.163. The highest BCUT2D eigenvalue weighted by atomic mass is 35.5. The fourth-order valence-corrected chi connectivity index (χ4v) is 2.20. The Kier molecular flexibility index (Phi) is 3.54. The van der Waals surface area contributed by atoms with E-state index in [1.165, 1.54) is 0 Å². The summed E-state index contributed by atoms with van der Waals surface area (Å²) in [4.78, 5) is 13.8. The number of nitrogens with zero attached hydrogens (tertiary/aromatic N) is 1. The molecule has 0 saturated carbocycles. The molecule has 1 aromatic rings. The zero-order valence-corrected chi connectivity index (χ0v) is 10.2. The maximum absolute atomic E-state index is 12.2. The van der Waals surface area contributed by atoms with Crippen LogP contribution < -0.4 is 5.73 Å². The summed E-state index contributed by atoms with van der Waals surface area (Å²) in [5.74, 6) is -0.163. The summed E-state index contributed by atoms with van der Waals surface area (Å²) in [6.45, 7) is 1.02. The van der Waals surface area contributed by atoms with Gasteiger partial charge in [-0.05, 0) is 31.0 Å². The number of β-amino-alcohol motifs (C(OH)–C–C–N with tert-alkyl or cyclic N) is 1. The number of rotatable bonds is 1. The maximum atomic E-state index is 12.2. The fourth-order valence-electron chi connectivity index (χ4n) is 2.02. The lowest BCUT2D eigenvalue weighted by Gasteiger charge is -2.30. The normalized spacial score (nSPS) is 20.4. The van der Waals surface area contributed by atoms with Crippen LogP contribution in [0.3, 0.4) is 0 Å². The molecule has 0 spiro atoms. The van der Waals surface area contributed by atoms with Gasteiger partial charge in [-0.15, -0.1) is 0 Å². The molecular weight excluding hydrogens is 240 g/mol. The van der Waals surface area contributed by atoms with Crippen LogP contribution in [0.5, 0.6) is 0 Å². The molecule has 92 valence electrons. The minimum atomic E-state index is -0.437. The summed E-state index contributed by atoms with van der Waals surface area (Å²) in [5.41, 5.74) is 6.59. The fraction of sp³-hybridized carbons (Fsp3) is 0.417. The molecule has 1 fully saturated rings. The van der Waals surface area contributed by atoms with Gasteiger partial charge in [0.25, 0.3) is 5.91 Å². The van der Waals surface area contributed by atoms with Crippen LogP contribution in [0, 0.1) is 0 Å². The summed E-state index contributed by atoms with van der Waals surface area (Å²) in [6, 6.07) is 4.84. The molecule has 0 bridgehead atoms. The van der Waals surface area contributed by atoms with Crippen LogP contribution in [0.2, 0.25) is 5.02 Å². The first-order valence-electron chi connectivity index (χ1n) is 5.60. The van der Waals surface area contributed by atoms with Crippen LogP contribution in [-0.4, -0.2) is 35.1 Å². The van der Waals surface area contributed by atoms with Gasteiger partial charge < -0.3 is 15.7 Å². The van der Waals surface area contributed by atoms with E-state index >= 15 is 0 Å².